The standard InChI is InChI=1S/C13H16FN3O4/c1-16(8-2-4-15-5-3-8)12-6-9(13(18)19)11(17(20)21)7-10(12)14/h6-8,15H,2-5H2,1H3,(H,18,19). The Hall–Kier alpha value is -2.22. The van der Waals surface area contributed by atoms with Gasteiger partial charge in [-0.3, -0.25) is 10.1 Å². The van der Waals surface area contributed by atoms with Crippen molar-refractivity contribution in [1.29, 1.82) is 0 Å². The fourth-order valence-corrected chi connectivity index (χ4v) is 2.53. The van der Waals surface area contributed by atoms with Crippen molar-refractivity contribution in [2.75, 3.05) is 25.0 Å². The summed E-state index contributed by atoms with van der Waals surface area (Å²) in [5.74, 6) is -2.23. The number of nitro benzene ring substituents is 1. The maximum absolute atomic E-state index is 14.1. The van der Waals surface area contributed by atoms with Crippen molar-refractivity contribution in [1.82, 2.24) is 5.32 Å². The lowest BCUT2D eigenvalue weighted by atomic mass is 10.0. The fourth-order valence-electron chi connectivity index (χ4n) is 2.53. The Morgan fingerprint density at radius 2 is 2.10 bits per heavy atom. The molecule has 1 saturated heterocycles. The van der Waals surface area contributed by atoms with E-state index in [1.54, 1.807) is 11.9 Å². The zero-order valence-electron chi connectivity index (χ0n) is 11.5. The predicted molar refractivity (Wildman–Crippen MR) is 74.3 cm³/mol. The van der Waals surface area contributed by atoms with Gasteiger partial charge in [0.05, 0.1) is 16.7 Å². The SMILES string of the molecule is CN(c1cc(C(=O)O)c([N+](=O)[O-])cc1F)C1CCNCC1. The first-order chi connectivity index (χ1) is 9.91. The summed E-state index contributed by atoms with van der Waals surface area (Å²) in [5.41, 5.74) is -1.16. The van der Waals surface area contributed by atoms with Gasteiger partial charge in [-0.15, -0.1) is 0 Å². The second-order valence-corrected chi connectivity index (χ2v) is 4.98. The first-order valence-electron chi connectivity index (χ1n) is 6.56. The number of hydrogen-bond donors (Lipinski definition) is 2. The minimum atomic E-state index is -1.44. The van der Waals surface area contributed by atoms with E-state index >= 15 is 0 Å². The lowest BCUT2D eigenvalue weighted by Gasteiger charge is -2.33. The van der Waals surface area contributed by atoms with Crippen molar-refractivity contribution in [3.05, 3.63) is 33.6 Å². The van der Waals surface area contributed by atoms with Gasteiger partial charge in [0, 0.05) is 13.1 Å². The van der Waals surface area contributed by atoms with E-state index in [1.807, 2.05) is 0 Å². The van der Waals surface area contributed by atoms with Crippen molar-refractivity contribution in [2.45, 2.75) is 18.9 Å². The average molecular weight is 297 g/mol. The molecule has 0 amide bonds. The molecule has 0 atom stereocenters. The molecule has 0 saturated carbocycles. The molecule has 1 heterocycles. The quantitative estimate of drug-likeness (QED) is 0.647. The van der Waals surface area contributed by atoms with Crippen LogP contribution in [0.1, 0.15) is 23.2 Å². The van der Waals surface area contributed by atoms with Crippen molar-refractivity contribution >= 4 is 17.3 Å². The summed E-state index contributed by atoms with van der Waals surface area (Å²) in [7, 11) is 1.67. The Labute approximate surface area is 120 Å². The highest BCUT2D eigenvalue weighted by molar-refractivity contribution is 5.93. The molecule has 0 aromatic heterocycles. The Balaban J connectivity index is 2.41. The Bertz CT molecular complexity index is 573. The van der Waals surface area contributed by atoms with E-state index in [0.717, 1.165) is 32.0 Å². The number of carboxylic acid groups (broad SMARTS) is 1. The molecule has 2 N–H and O–H groups in total. The van der Waals surface area contributed by atoms with E-state index in [9.17, 15) is 19.3 Å². The largest absolute Gasteiger partial charge is 0.477 e. The number of benzene rings is 1. The lowest BCUT2D eigenvalue weighted by molar-refractivity contribution is -0.385. The number of nitrogens with one attached hydrogen (secondary N) is 1. The number of halogens is 1. The molecular formula is C13H16FN3O4. The molecular weight excluding hydrogens is 281 g/mol. The minimum absolute atomic E-state index is 0.0730. The van der Waals surface area contributed by atoms with Crippen LogP contribution in [0.4, 0.5) is 15.8 Å². The number of piperidine rings is 1. The molecule has 2 rings (SSSR count). The van der Waals surface area contributed by atoms with E-state index < -0.39 is 28.0 Å². The predicted octanol–water partition coefficient (Wildman–Crippen LogP) is 1.62. The van der Waals surface area contributed by atoms with Gasteiger partial charge in [0.25, 0.3) is 5.69 Å². The molecule has 0 radical (unpaired) electrons. The molecule has 0 bridgehead atoms. The number of carboxylic acids is 1. The van der Waals surface area contributed by atoms with Gasteiger partial charge in [0.1, 0.15) is 5.56 Å². The topological polar surface area (TPSA) is 95.7 Å². The number of nitro groups is 1. The van der Waals surface area contributed by atoms with Crippen molar-refractivity contribution in [2.24, 2.45) is 0 Å². The minimum Gasteiger partial charge on any atom is -0.477 e. The summed E-state index contributed by atoms with van der Waals surface area (Å²) in [6, 6.07) is 1.79. The molecule has 1 aromatic carbocycles. The fraction of sp³-hybridized carbons (Fsp3) is 0.462. The van der Waals surface area contributed by atoms with Gasteiger partial charge in [0.2, 0.25) is 0 Å². The van der Waals surface area contributed by atoms with E-state index in [4.69, 9.17) is 5.11 Å². The zero-order chi connectivity index (χ0) is 15.6. The van der Waals surface area contributed by atoms with Crippen LogP contribution in [0.25, 0.3) is 0 Å². The molecule has 1 aromatic rings. The van der Waals surface area contributed by atoms with Gasteiger partial charge < -0.3 is 15.3 Å². The molecule has 114 valence electrons. The third-order valence-corrected chi connectivity index (χ3v) is 3.73. The molecule has 1 fully saturated rings. The van der Waals surface area contributed by atoms with Crippen LogP contribution in [0.15, 0.2) is 12.1 Å². The van der Waals surface area contributed by atoms with Crippen LogP contribution in [-0.4, -0.2) is 42.2 Å². The van der Waals surface area contributed by atoms with Crippen LogP contribution in [0.3, 0.4) is 0 Å². The second-order valence-electron chi connectivity index (χ2n) is 4.98. The number of rotatable bonds is 4. The summed E-state index contributed by atoms with van der Waals surface area (Å²) in [4.78, 5) is 22.7. The van der Waals surface area contributed by atoms with Crippen molar-refractivity contribution < 1.29 is 19.2 Å². The number of nitrogens with zero attached hydrogens (tertiary/aromatic N) is 2. The highest BCUT2D eigenvalue weighted by Crippen LogP contribution is 2.30. The van der Waals surface area contributed by atoms with Crippen LogP contribution >= 0.6 is 0 Å². The van der Waals surface area contributed by atoms with Crippen molar-refractivity contribution in [3.63, 3.8) is 0 Å². The Morgan fingerprint density at radius 1 is 1.48 bits per heavy atom. The number of aromatic carboxylic acids is 1. The smallest absolute Gasteiger partial charge is 0.342 e. The highest BCUT2D eigenvalue weighted by Gasteiger charge is 2.27. The van der Waals surface area contributed by atoms with E-state index in [2.05, 4.69) is 5.32 Å². The van der Waals surface area contributed by atoms with Gasteiger partial charge >= 0.3 is 5.97 Å². The van der Waals surface area contributed by atoms with Crippen LogP contribution in [-0.2, 0) is 0 Å². The Kier molecular flexibility index (Phi) is 4.37. The molecule has 21 heavy (non-hydrogen) atoms. The second kappa shape index (κ2) is 6.04. The van der Waals surface area contributed by atoms with Gasteiger partial charge in [-0.05, 0) is 32.0 Å². The molecule has 0 spiro atoms. The van der Waals surface area contributed by atoms with Gasteiger partial charge in [-0.1, -0.05) is 0 Å². The third kappa shape index (κ3) is 3.10. The van der Waals surface area contributed by atoms with Crippen LogP contribution in [0, 0.1) is 15.9 Å². The van der Waals surface area contributed by atoms with Crippen LogP contribution in [0.5, 0.6) is 0 Å². The monoisotopic (exact) mass is 297 g/mol. The first kappa shape index (κ1) is 15.2. The summed E-state index contributed by atoms with van der Waals surface area (Å²) in [6.45, 7) is 1.60. The normalized spacial score (nSPS) is 15.7. The zero-order valence-corrected chi connectivity index (χ0v) is 11.5. The maximum atomic E-state index is 14.1. The van der Waals surface area contributed by atoms with E-state index in [1.165, 1.54) is 0 Å². The van der Waals surface area contributed by atoms with Gasteiger partial charge in [-0.2, -0.15) is 0 Å². The number of carbonyl (C=O) groups is 1. The summed E-state index contributed by atoms with van der Waals surface area (Å²) >= 11 is 0. The molecule has 0 aliphatic carbocycles. The van der Waals surface area contributed by atoms with E-state index in [-0.39, 0.29) is 11.7 Å². The molecule has 7 nitrogen and oxygen atoms in total. The highest BCUT2D eigenvalue weighted by atomic mass is 19.1. The third-order valence-electron chi connectivity index (χ3n) is 3.73. The molecule has 0 unspecified atom stereocenters. The molecule has 8 heteroatoms. The molecule has 1 aliphatic rings. The summed E-state index contributed by atoms with van der Waals surface area (Å²) in [5, 5.41) is 23.1. The van der Waals surface area contributed by atoms with Crippen LogP contribution < -0.4 is 10.2 Å². The van der Waals surface area contributed by atoms with E-state index in [0.29, 0.717) is 6.07 Å². The average Bonchev–Trinajstić information content (AvgIpc) is 2.46. The summed E-state index contributed by atoms with van der Waals surface area (Å²) < 4.78 is 14.1. The summed E-state index contributed by atoms with van der Waals surface area (Å²) in [6.07, 6.45) is 1.60. The maximum Gasteiger partial charge on any atom is 0.342 e. The number of hydrogen-bond acceptors (Lipinski definition) is 5. The Morgan fingerprint density at radius 3 is 2.62 bits per heavy atom. The van der Waals surface area contributed by atoms with Gasteiger partial charge in [0.15, 0.2) is 5.82 Å². The van der Waals surface area contributed by atoms with Gasteiger partial charge in [-0.25, -0.2) is 9.18 Å². The molecule has 1 aliphatic heterocycles. The lowest BCUT2D eigenvalue weighted by Crippen LogP contribution is -2.41. The van der Waals surface area contributed by atoms with Crippen molar-refractivity contribution in [3.8, 4) is 0 Å². The first-order valence-corrected chi connectivity index (χ1v) is 6.56. The van der Waals surface area contributed by atoms with Crippen LogP contribution in [0.2, 0.25) is 0 Å². The number of anilines is 1.